The van der Waals surface area contributed by atoms with Crippen LogP contribution in [0.1, 0.15) is 33.1 Å². The third-order valence-corrected chi connectivity index (χ3v) is 7.11. The number of nitrogens with zero attached hydrogens (tertiary/aromatic N) is 3. The monoisotopic (exact) mass is 404 g/mol. The van der Waals surface area contributed by atoms with Crippen molar-refractivity contribution in [3.05, 3.63) is 29.3 Å². The Balaban J connectivity index is 1.40. The van der Waals surface area contributed by atoms with Gasteiger partial charge >= 0.3 is 6.03 Å². The fraction of sp³-hybridized carbons (Fsp3) is 0.619. The number of hydrogen-bond donors (Lipinski definition) is 1. The van der Waals surface area contributed by atoms with Gasteiger partial charge in [-0.25, -0.2) is 9.69 Å². The number of anilines is 1. The van der Waals surface area contributed by atoms with E-state index in [0.29, 0.717) is 6.67 Å². The zero-order valence-electron chi connectivity index (χ0n) is 16.7. The minimum absolute atomic E-state index is 0.0329. The smallest absolute Gasteiger partial charge is 0.326 e. The Morgan fingerprint density at radius 1 is 1.11 bits per heavy atom. The molecule has 2 atom stereocenters. The summed E-state index contributed by atoms with van der Waals surface area (Å²) in [6, 6.07) is 7.65. The van der Waals surface area contributed by atoms with Crippen LogP contribution < -0.4 is 10.2 Å². The summed E-state index contributed by atoms with van der Waals surface area (Å²) >= 11 is 6.11. The van der Waals surface area contributed by atoms with Gasteiger partial charge in [0.15, 0.2) is 0 Å². The van der Waals surface area contributed by atoms with Crippen molar-refractivity contribution >= 4 is 29.2 Å². The van der Waals surface area contributed by atoms with Crippen molar-refractivity contribution in [2.45, 2.75) is 38.6 Å². The molecule has 1 aliphatic carbocycles. The Morgan fingerprint density at radius 3 is 2.43 bits per heavy atom. The molecule has 28 heavy (non-hydrogen) atoms. The van der Waals surface area contributed by atoms with E-state index in [1.54, 1.807) is 0 Å². The maximum atomic E-state index is 13.3. The molecule has 2 unspecified atom stereocenters. The molecule has 152 valence electrons. The standard InChI is InChI=1S/C21H29ClN4O2/c1-15-5-3-6-16(2)21(15)19(27)26(20(28)23-21)14-24-9-11-25(12-10-24)18-8-4-7-17(22)13-18/h4,7-8,13,15-16H,3,5-6,9-12,14H2,1-2H3,(H,23,28). The lowest BCUT2D eigenvalue weighted by molar-refractivity contribution is -0.138. The fourth-order valence-corrected chi connectivity index (χ4v) is 5.29. The number of urea groups is 1. The van der Waals surface area contributed by atoms with Gasteiger partial charge in [-0.1, -0.05) is 37.9 Å². The summed E-state index contributed by atoms with van der Waals surface area (Å²) in [5.41, 5.74) is 0.406. The Labute approximate surface area is 171 Å². The second kappa shape index (κ2) is 7.56. The van der Waals surface area contributed by atoms with Crippen molar-refractivity contribution in [3.63, 3.8) is 0 Å². The predicted octanol–water partition coefficient (Wildman–Crippen LogP) is 3.17. The van der Waals surface area contributed by atoms with Crippen molar-refractivity contribution in [3.8, 4) is 0 Å². The van der Waals surface area contributed by atoms with Gasteiger partial charge in [0, 0.05) is 36.9 Å². The number of nitrogens with one attached hydrogen (secondary N) is 1. The molecule has 4 rings (SSSR count). The molecule has 3 amide bonds. The van der Waals surface area contributed by atoms with Crippen LogP contribution in [-0.2, 0) is 4.79 Å². The maximum absolute atomic E-state index is 13.3. The second-order valence-corrected chi connectivity index (χ2v) is 8.93. The first-order valence-electron chi connectivity index (χ1n) is 10.3. The minimum atomic E-state index is -0.710. The SMILES string of the molecule is CC1CCCC(C)C12NC(=O)N(CN1CCN(c3cccc(Cl)c3)CC1)C2=O. The first-order valence-corrected chi connectivity index (χ1v) is 10.7. The van der Waals surface area contributed by atoms with Crippen molar-refractivity contribution in [2.75, 3.05) is 37.7 Å². The molecule has 1 N–H and O–H groups in total. The van der Waals surface area contributed by atoms with Crippen LogP contribution in [0.15, 0.2) is 24.3 Å². The molecule has 1 aromatic rings. The first-order chi connectivity index (χ1) is 13.4. The summed E-state index contributed by atoms with van der Waals surface area (Å²) in [6.45, 7) is 7.88. The summed E-state index contributed by atoms with van der Waals surface area (Å²) in [5, 5.41) is 3.82. The van der Waals surface area contributed by atoms with E-state index < -0.39 is 5.54 Å². The van der Waals surface area contributed by atoms with Crippen LogP contribution in [-0.4, -0.2) is 60.1 Å². The minimum Gasteiger partial charge on any atom is -0.369 e. The number of benzene rings is 1. The summed E-state index contributed by atoms with van der Waals surface area (Å²) in [7, 11) is 0. The lowest BCUT2D eigenvalue weighted by atomic mass is 9.67. The third kappa shape index (κ3) is 3.26. The van der Waals surface area contributed by atoms with Crippen molar-refractivity contribution in [1.82, 2.24) is 15.1 Å². The topological polar surface area (TPSA) is 55.9 Å². The molecule has 6 nitrogen and oxygen atoms in total. The average molecular weight is 405 g/mol. The zero-order valence-corrected chi connectivity index (χ0v) is 17.4. The second-order valence-electron chi connectivity index (χ2n) is 8.49. The first kappa shape index (κ1) is 19.5. The Hall–Kier alpha value is -1.79. The number of imide groups is 1. The van der Waals surface area contributed by atoms with Gasteiger partial charge in [-0.3, -0.25) is 9.69 Å². The van der Waals surface area contributed by atoms with E-state index in [1.807, 2.05) is 18.2 Å². The average Bonchev–Trinajstić information content (AvgIpc) is 2.93. The lowest BCUT2D eigenvalue weighted by Gasteiger charge is -2.42. The Morgan fingerprint density at radius 2 is 1.79 bits per heavy atom. The molecule has 2 aliphatic heterocycles. The highest BCUT2D eigenvalue weighted by molar-refractivity contribution is 6.30. The van der Waals surface area contributed by atoms with Crippen molar-refractivity contribution in [2.24, 2.45) is 11.8 Å². The van der Waals surface area contributed by atoms with E-state index in [2.05, 4.69) is 35.0 Å². The van der Waals surface area contributed by atoms with Crippen LogP contribution in [0.5, 0.6) is 0 Å². The van der Waals surface area contributed by atoms with Crippen molar-refractivity contribution in [1.29, 1.82) is 0 Å². The van der Waals surface area contributed by atoms with E-state index in [0.717, 1.165) is 56.2 Å². The van der Waals surface area contributed by atoms with Crippen LogP contribution in [0, 0.1) is 11.8 Å². The number of carbonyl (C=O) groups excluding carboxylic acids is 2. The number of hydrogen-bond acceptors (Lipinski definition) is 4. The van der Waals surface area contributed by atoms with Crippen LogP contribution >= 0.6 is 11.6 Å². The van der Waals surface area contributed by atoms with E-state index >= 15 is 0 Å². The lowest BCUT2D eigenvalue weighted by Crippen LogP contribution is -2.59. The van der Waals surface area contributed by atoms with Gasteiger partial charge in [-0.15, -0.1) is 0 Å². The molecule has 3 aliphatic rings. The summed E-state index contributed by atoms with van der Waals surface area (Å²) in [5.74, 6) is 0.323. The number of rotatable bonds is 3. The highest BCUT2D eigenvalue weighted by Crippen LogP contribution is 2.42. The maximum Gasteiger partial charge on any atom is 0.326 e. The third-order valence-electron chi connectivity index (χ3n) is 6.87. The van der Waals surface area contributed by atoms with Crippen molar-refractivity contribution < 1.29 is 9.59 Å². The predicted molar refractivity (Wildman–Crippen MR) is 110 cm³/mol. The largest absolute Gasteiger partial charge is 0.369 e. The van der Waals surface area contributed by atoms with E-state index in [1.165, 1.54) is 4.90 Å². The highest BCUT2D eigenvalue weighted by Gasteiger charge is 2.58. The summed E-state index contributed by atoms with van der Waals surface area (Å²) in [4.78, 5) is 31.9. The molecule has 2 saturated heterocycles. The fourth-order valence-electron chi connectivity index (χ4n) is 5.10. The molecule has 1 aromatic carbocycles. The van der Waals surface area contributed by atoms with Crippen LogP contribution in [0.25, 0.3) is 0 Å². The number of amides is 3. The van der Waals surface area contributed by atoms with E-state index in [4.69, 9.17) is 11.6 Å². The number of halogens is 1. The van der Waals surface area contributed by atoms with Gasteiger partial charge in [0.25, 0.3) is 5.91 Å². The quantitative estimate of drug-likeness (QED) is 0.786. The summed E-state index contributed by atoms with van der Waals surface area (Å²) < 4.78 is 0. The van der Waals surface area contributed by atoms with Gasteiger partial charge in [-0.2, -0.15) is 0 Å². The van der Waals surface area contributed by atoms with Gasteiger partial charge in [0.05, 0.1) is 6.67 Å². The molecule has 0 bridgehead atoms. The Bertz CT molecular complexity index is 753. The molecule has 1 saturated carbocycles. The molecular formula is C21H29ClN4O2. The van der Waals surface area contributed by atoms with Gasteiger partial charge in [0.1, 0.15) is 5.54 Å². The molecule has 1 spiro atoms. The van der Waals surface area contributed by atoms with Gasteiger partial charge in [-0.05, 0) is 42.9 Å². The van der Waals surface area contributed by atoms with Gasteiger partial charge in [0.2, 0.25) is 0 Å². The molecule has 0 radical (unpaired) electrons. The van der Waals surface area contributed by atoms with E-state index in [9.17, 15) is 9.59 Å². The molecule has 7 heteroatoms. The van der Waals surface area contributed by atoms with Crippen LogP contribution in [0.3, 0.4) is 0 Å². The van der Waals surface area contributed by atoms with Crippen LogP contribution in [0.2, 0.25) is 5.02 Å². The summed E-state index contributed by atoms with van der Waals surface area (Å²) in [6.07, 6.45) is 3.10. The number of carbonyl (C=O) groups is 2. The van der Waals surface area contributed by atoms with Gasteiger partial charge < -0.3 is 10.2 Å². The molecular weight excluding hydrogens is 376 g/mol. The van der Waals surface area contributed by atoms with Crippen LogP contribution in [0.4, 0.5) is 10.5 Å². The molecule has 3 fully saturated rings. The Kier molecular flexibility index (Phi) is 5.27. The molecule has 0 aromatic heterocycles. The normalized spacial score (nSPS) is 31.5. The van der Waals surface area contributed by atoms with E-state index in [-0.39, 0.29) is 23.8 Å². The number of piperazine rings is 1. The highest BCUT2D eigenvalue weighted by atomic mass is 35.5. The molecule has 2 heterocycles. The zero-order chi connectivity index (χ0) is 19.9.